The Morgan fingerprint density at radius 3 is 2.64 bits per heavy atom. The molecule has 0 aromatic carbocycles. The van der Waals surface area contributed by atoms with Crippen LogP contribution in [0.2, 0.25) is 5.04 Å². The number of rotatable bonds is 4. The minimum atomic E-state index is -0.828. The summed E-state index contributed by atoms with van der Waals surface area (Å²) in [5.41, 5.74) is 0. The molecular formula is C7H13NO2Si. The highest BCUT2D eigenvalue weighted by atomic mass is 28.2. The van der Waals surface area contributed by atoms with Gasteiger partial charge in [-0.25, -0.2) is 0 Å². The maximum atomic E-state index is 11.0. The number of hydrogen-bond donors (Lipinski definition) is 1. The second-order valence-electron chi connectivity index (χ2n) is 2.68. The number of allylic oxidation sites excluding steroid dienone is 1. The van der Waals surface area contributed by atoms with E-state index in [0.29, 0.717) is 0 Å². The number of Topliss-reactive ketones (excluding diaryl/α,β-unsaturated/α-hetero) is 1. The molecule has 0 amide bonds. The van der Waals surface area contributed by atoms with Gasteiger partial charge in [0.2, 0.25) is 0 Å². The highest BCUT2D eigenvalue weighted by Crippen LogP contribution is 2.24. The largest absolute Gasteiger partial charge is 0.411 e. The number of hydrogen-bond acceptors (Lipinski definition) is 3. The quantitative estimate of drug-likeness (QED) is 0.220. The van der Waals surface area contributed by atoms with Crippen LogP contribution in [-0.4, -0.2) is 26.3 Å². The van der Waals surface area contributed by atoms with Gasteiger partial charge in [0.25, 0.3) is 0 Å². The Hall–Kier alpha value is -0.903. The fourth-order valence-corrected chi connectivity index (χ4v) is 1.52. The Morgan fingerprint density at radius 1 is 1.82 bits per heavy atom. The van der Waals surface area contributed by atoms with Gasteiger partial charge in [0.1, 0.15) is 5.78 Å². The third kappa shape index (κ3) is 2.67. The molecule has 0 saturated heterocycles. The van der Waals surface area contributed by atoms with Crippen molar-refractivity contribution in [3.8, 4) is 0 Å². The molecule has 0 aliphatic rings. The lowest BCUT2D eigenvalue weighted by molar-refractivity contribution is -0.118. The molecule has 0 aromatic heterocycles. The normalized spacial score (nSPS) is 17.3. The molecule has 0 bridgehead atoms. The molecular weight excluding hydrogens is 158 g/mol. The first-order valence-corrected chi connectivity index (χ1v) is 4.89. The number of carbonyl (C=O) groups is 1. The Morgan fingerprint density at radius 2 is 2.36 bits per heavy atom. The molecule has 0 aliphatic carbocycles. The maximum Gasteiger partial charge on any atom is 0.136 e. The molecule has 3 nitrogen and oxygen atoms in total. The zero-order valence-electron chi connectivity index (χ0n) is 6.87. The Balaban J connectivity index is 4.34. The molecule has 0 rings (SSSR count). The van der Waals surface area contributed by atoms with Gasteiger partial charge in [-0.3, -0.25) is 4.79 Å². The van der Waals surface area contributed by atoms with E-state index in [9.17, 15) is 4.79 Å². The molecule has 0 radical (unpaired) electrons. The van der Waals surface area contributed by atoms with Crippen molar-refractivity contribution >= 4 is 21.1 Å². The van der Waals surface area contributed by atoms with E-state index < -0.39 is 14.6 Å². The Kier molecular flexibility index (Phi) is 3.74. The van der Waals surface area contributed by atoms with Crippen molar-refractivity contribution in [3.63, 3.8) is 0 Å². The zero-order valence-corrected chi connectivity index (χ0v) is 8.29. The predicted molar refractivity (Wildman–Crippen MR) is 48.1 cm³/mol. The lowest BCUT2D eigenvalue weighted by Gasteiger charge is -2.18. The number of nitrogens with zero attached hydrogens (tertiary/aromatic N) is 1. The van der Waals surface area contributed by atoms with Gasteiger partial charge in [-0.2, -0.15) is 0 Å². The van der Waals surface area contributed by atoms with E-state index >= 15 is 0 Å². The van der Waals surface area contributed by atoms with Crippen molar-refractivity contribution in [1.82, 2.24) is 0 Å². The van der Waals surface area contributed by atoms with Crippen molar-refractivity contribution < 1.29 is 10.0 Å². The molecule has 11 heavy (non-hydrogen) atoms. The van der Waals surface area contributed by atoms with Gasteiger partial charge in [-0.05, 0) is 6.92 Å². The second-order valence-corrected chi connectivity index (χ2v) is 4.92. The van der Waals surface area contributed by atoms with Gasteiger partial charge in [-0.1, -0.05) is 13.0 Å². The van der Waals surface area contributed by atoms with Crippen LogP contribution in [0.15, 0.2) is 17.8 Å². The topological polar surface area (TPSA) is 49.7 Å². The summed E-state index contributed by atoms with van der Waals surface area (Å²) in [6.45, 7) is 6.92. The van der Waals surface area contributed by atoms with Crippen LogP contribution in [0.3, 0.4) is 0 Å². The first-order valence-electron chi connectivity index (χ1n) is 3.37. The molecule has 1 unspecified atom stereocenters. The van der Waals surface area contributed by atoms with Gasteiger partial charge in [0.05, 0.1) is 9.52 Å². The predicted octanol–water partition coefficient (Wildman–Crippen LogP) is 0.526. The first-order chi connectivity index (χ1) is 5.06. The van der Waals surface area contributed by atoms with E-state index in [2.05, 4.69) is 11.7 Å². The molecule has 1 N–H and O–H groups in total. The minimum Gasteiger partial charge on any atom is -0.411 e. The molecule has 0 fully saturated rings. The highest BCUT2D eigenvalue weighted by molar-refractivity contribution is 6.74. The third-order valence-corrected chi connectivity index (χ3v) is 3.83. The molecule has 0 aromatic rings. The lowest BCUT2D eigenvalue weighted by atomic mass is 10.1. The average Bonchev–Trinajstić information content (AvgIpc) is 2.00. The molecule has 0 aliphatic heterocycles. The van der Waals surface area contributed by atoms with Crippen molar-refractivity contribution in [2.45, 2.75) is 18.9 Å². The van der Waals surface area contributed by atoms with E-state index in [4.69, 9.17) is 5.21 Å². The zero-order chi connectivity index (χ0) is 8.91. The Bertz CT molecular complexity index is 191. The van der Waals surface area contributed by atoms with Gasteiger partial charge in [0, 0.05) is 10.9 Å². The van der Waals surface area contributed by atoms with Crippen molar-refractivity contribution in [2.24, 2.45) is 5.16 Å². The van der Waals surface area contributed by atoms with E-state index in [1.54, 1.807) is 6.08 Å². The fraction of sp³-hybridized carbons (Fsp3) is 0.429. The van der Waals surface area contributed by atoms with Crippen LogP contribution in [0.1, 0.15) is 13.8 Å². The smallest absolute Gasteiger partial charge is 0.136 e. The van der Waals surface area contributed by atoms with Crippen molar-refractivity contribution in [1.29, 1.82) is 0 Å². The third-order valence-electron chi connectivity index (χ3n) is 1.85. The Labute approximate surface area is 68.6 Å². The molecule has 0 heterocycles. The van der Waals surface area contributed by atoms with Crippen molar-refractivity contribution in [3.05, 3.63) is 12.7 Å². The summed E-state index contributed by atoms with van der Waals surface area (Å²) in [5.74, 6) is 1.52. The number of oxime groups is 1. The summed E-state index contributed by atoms with van der Waals surface area (Å²) in [6, 6.07) is 0. The average molecular weight is 171 g/mol. The van der Waals surface area contributed by atoms with E-state index in [0.717, 1.165) is 0 Å². The monoisotopic (exact) mass is 171 g/mol. The van der Waals surface area contributed by atoms with Crippen LogP contribution >= 0.6 is 0 Å². The first kappa shape index (κ1) is 10.1. The van der Waals surface area contributed by atoms with Crippen LogP contribution in [0.4, 0.5) is 0 Å². The summed E-state index contributed by atoms with van der Waals surface area (Å²) < 4.78 is 0. The fourth-order valence-electron chi connectivity index (χ4n) is 0.601. The summed E-state index contributed by atoms with van der Waals surface area (Å²) in [6.07, 6.45) is 1.63. The molecule has 1 atom stereocenters. The molecule has 0 spiro atoms. The maximum absolute atomic E-state index is 11.0. The highest BCUT2D eigenvalue weighted by Gasteiger charge is 2.24. The van der Waals surface area contributed by atoms with Crippen molar-refractivity contribution in [2.75, 3.05) is 0 Å². The molecule has 62 valence electrons. The van der Waals surface area contributed by atoms with Gasteiger partial charge in [-0.15, -0.1) is 11.7 Å². The van der Waals surface area contributed by atoms with Crippen LogP contribution < -0.4 is 0 Å². The lowest BCUT2D eigenvalue weighted by Crippen LogP contribution is -2.23. The summed E-state index contributed by atoms with van der Waals surface area (Å²) >= 11 is 0. The van der Waals surface area contributed by atoms with Crippen LogP contribution in [0.5, 0.6) is 0 Å². The summed E-state index contributed by atoms with van der Waals surface area (Å²) in [7, 11) is -0.828. The van der Waals surface area contributed by atoms with E-state index in [1.165, 1.54) is 12.8 Å². The number of ketones is 1. The standard InChI is InChI=1S/C7H13NO2Si/c1-4-7(3,6(2)9)11-5-8-10/h4-5,10H,1,11H2,2-3H3. The second kappa shape index (κ2) is 4.08. The van der Waals surface area contributed by atoms with Crippen LogP contribution in [-0.2, 0) is 4.79 Å². The minimum absolute atomic E-state index is 0.0825. The van der Waals surface area contributed by atoms with Crippen LogP contribution in [0, 0.1) is 0 Å². The summed E-state index contributed by atoms with van der Waals surface area (Å²) in [5, 5.41) is 10.6. The molecule has 0 saturated carbocycles. The van der Waals surface area contributed by atoms with Gasteiger partial charge < -0.3 is 5.21 Å². The van der Waals surface area contributed by atoms with Crippen LogP contribution in [0.25, 0.3) is 0 Å². The SMILES string of the molecule is C=CC(C)([SiH2]C=NO)C(C)=O. The number of carbonyl (C=O) groups excluding carboxylic acids is 1. The van der Waals surface area contributed by atoms with Gasteiger partial charge in [0.15, 0.2) is 0 Å². The molecule has 4 heteroatoms. The van der Waals surface area contributed by atoms with E-state index in [-0.39, 0.29) is 5.78 Å². The van der Waals surface area contributed by atoms with Gasteiger partial charge >= 0.3 is 0 Å². The summed E-state index contributed by atoms with van der Waals surface area (Å²) in [4.78, 5) is 11.0. The van der Waals surface area contributed by atoms with E-state index in [1.807, 2.05) is 6.92 Å².